The molecule has 2 N–H and O–H groups in total. The van der Waals surface area contributed by atoms with Crippen LogP contribution in [0.2, 0.25) is 0 Å². The molecule has 0 saturated heterocycles. The maximum Gasteiger partial charge on any atom is 0.221 e. The van der Waals surface area contributed by atoms with Crippen LogP contribution in [0.5, 0.6) is 0 Å². The Morgan fingerprint density at radius 1 is 1.26 bits per heavy atom. The van der Waals surface area contributed by atoms with E-state index >= 15 is 0 Å². The van der Waals surface area contributed by atoms with Gasteiger partial charge in [-0.15, -0.1) is 0 Å². The number of rotatable bonds is 8. The molecule has 0 aliphatic heterocycles. The molecule has 1 aromatic rings. The number of amides is 1. The molecule has 0 fully saturated rings. The first kappa shape index (κ1) is 15.7. The van der Waals surface area contributed by atoms with Gasteiger partial charge in [0.05, 0.1) is 0 Å². The second-order valence-corrected chi connectivity index (χ2v) is 4.94. The first-order valence-corrected chi connectivity index (χ1v) is 7.20. The van der Waals surface area contributed by atoms with Crippen molar-refractivity contribution in [2.45, 2.75) is 45.6 Å². The molecule has 0 aromatic heterocycles. The second-order valence-electron chi connectivity index (χ2n) is 4.94. The predicted octanol–water partition coefficient (Wildman–Crippen LogP) is 2.82. The van der Waals surface area contributed by atoms with Gasteiger partial charge in [-0.3, -0.25) is 4.79 Å². The molecule has 3 heteroatoms. The monoisotopic (exact) mass is 262 g/mol. The number of aryl methyl sites for hydroxylation is 1. The molecule has 1 unspecified atom stereocenters. The molecule has 0 bridgehead atoms. The van der Waals surface area contributed by atoms with E-state index < -0.39 is 0 Å². The van der Waals surface area contributed by atoms with Crippen molar-refractivity contribution in [2.75, 3.05) is 13.6 Å². The minimum absolute atomic E-state index is 0.0783. The van der Waals surface area contributed by atoms with Crippen LogP contribution in [-0.4, -0.2) is 19.5 Å². The lowest BCUT2D eigenvalue weighted by Gasteiger charge is -2.14. The van der Waals surface area contributed by atoms with Crippen LogP contribution in [-0.2, 0) is 11.2 Å². The van der Waals surface area contributed by atoms with E-state index in [1.807, 2.05) is 0 Å². The standard InChI is InChI=1S/C16H26N2O/c1-4-5-6-14-7-9-15(10-8-14)13(2)18-12-11-16(19)17-3/h7-10,13,18H,4-6,11-12H2,1-3H3,(H,17,19). The summed E-state index contributed by atoms with van der Waals surface area (Å²) in [6, 6.07) is 9.07. The van der Waals surface area contributed by atoms with Gasteiger partial charge in [-0.2, -0.15) is 0 Å². The summed E-state index contributed by atoms with van der Waals surface area (Å²) in [5.74, 6) is 0.0783. The summed E-state index contributed by atoms with van der Waals surface area (Å²) in [6.07, 6.45) is 4.17. The normalized spacial score (nSPS) is 12.2. The summed E-state index contributed by atoms with van der Waals surface area (Å²) in [7, 11) is 1.67. The molecule has 0 aliphatic carbocycles. The minimum Gasteiger partial charge on any atom is -0.359 e. The van der Waals surface area contributed by atoms with Crippen molar-refractivity contribution in [3.05, 3.63) is 35.4 Å². The molecule has 0 aliphatic rings. The maximum atomic E-state index is 11.1. The fourth-order valence-electron chi connectivity index (χ4n) is 2.00. The SMILES string of the molecule is CCCCc1ccc(C(C)NCCC(=O)NC)cc1. The van der Waals surface area contributed by atoms with E-state index in [1.54, 1.807) is 7.05 Å². The first-order valence-electron chi connectivity index (χ1n) is 7.20. The van der Waals surface area contributed by atoms with Crippen molar-refractivity contribution in [1.29, 1.82) is 0 Å². The highest BCUT2D eigenvalue weighted by molar-refractivity contribution is 5.75. The second kappa shape index (κ2) is 8.70. The molecule has 0 spiro atoms. The summed E-state index contributed by atoms with van der Waals surface area (Å²) < 4.78 is 0. The Labute approximate surface area is 116 Å². The number of hydrogen-bond donors (Lipinski definition) is 2. The Hall–Kier alpha value is -1.35. The average Bonchev–Trinajstić information content (AvgIpc) is 2.45. The van der Waals surface area contributed by atoms with Crippen LogP contribution in [0.4, 0.5) is 0 Å². The Morgan fingerprint density at radius 2 is 1.95 bits per heavy atom. The molecule has 1 atom stereocenters. The first-order chi connectivity index (χ1) is 9.17. The molecule has 106 valence electrons. The largest absolute Gasteiger partial charge is 0.359 e. The van der Waals surface area contributed by atoms with Crippen molar-refractivity contribution in [3.8, 4) is 0 Å². The van der Waals surface area contributed by atoms with Gasteiger partial charge in [0.25, 0.3) is 0 Å². The third-order valence-corrected chi connectivity index (χ3v) is 3.38. The van der Waals surface area contributed by atoms with Crippen LogP contribution in [0.1, 0.15) is 50.3 Å². The molecule has 3 nitrogen and oxygen atoms in total. The van der Waals surface area contributed by atoms with E-state index in [0.29, 0.717) is 13.0 Å². The predicted molar refractivity (Wildman–Crippen MR) is 80.2 cm³/mol. The van der Waals surface area contributed by atoms with E-state index in [-0.39, 0.29) is 11.9 Å². The van der Waals surface area contributed by atoms with Gasteiger partial charge < -0.3 is 10.6 Å². The Balaban J connectivity index is 2.39. The van der Waals surface area contributed by atoms with E-state index in [0.717, 1.165) is 6.42 Å². The molecule has 19 heavy (non-hydrogen) atoms. The van der Waals surface area contributed by atoms with Gasteiger partial charge in [-0.25, -0.2) is 0 Å². The molecule has 1 amide bonds. The zero-order valence-corrected chi connectivity index (χ0v) is 12.3. The summed E-state index contributed by atoms with van der Waals surface area (Å²) in [5, 5.41) is 5.99. The summed E-state index contributed by atoms with van der Waals surface area (Å²) in [4.78, 5) is 11.1. The average molecular weight is 262 g/mol. The lowest BCUT2D eigenvalue weighted by molar-refractivity contribution is -0.120. The number of nitrogens with one attached hydrogen (secondary N) is 2. The van der Waals surface area contributed by atoms with E-state index in [2.05, 4.69) is 48.7 Å². The minimum atomic E-state index is 0.0783. The number of benzene rings is 1. The molecule has 0 heterocycles. The van der Waals surface area contributed by atoms with Crippen LogP contribution in [0.3, 0.4) is 0 Å². The summed E-state index contributed by atoms with van der Waals surface area (Å²) in [5.41, 5.74) is 2.68. The molecular formula is C16H26N2O. The number of carbonyl (C=O) groups excluding carboxylic acids is 1. The topological polar surface area (TPSA) is 41.1 Å². The summed E-state index contributed by atoms with van der Waals surface area (Å²) in [6.45, 7) is 5.05. The molecule has 0 radical (unpaired) electrons. The fourth-order valence-corrected chi connectivity index (χ4v) is 2.00. The zero-order valence-electron chi connectivity index (χ0n) is 12.3. The lowest BCUT2D eigenvalue weighted by atomic mass is 10.0. The molecule has 1 rings (SSSR count). The molecular weight excluding hydrogens is 236 g/mol. The van der Waals surface area contributed by atoms with Crippen molar-refractivity contribution < 1.29 is 4.79 Å². The fraction of sp³-hybridized carbons (Fsp3) is 0.562. The third kappa shape index (κ3) is 5.88. The van der Waals surface area contributed by atoms with Gasteiger partial charge in [-0.05, 0) is 30.9 Å². The van der Waals surface area contributed by atoms with Crippen molar-refractivity contribution in [2.24, 2.45) is 0 Å². The van der Waals surface area contributed by atoms with Gasteiger partial charge in [0, 0.05) is 26.1 Å². The van der Waals surface area contributed by atoms with Gasteiger partial charge in [-0.1, -0.05) is 37.6 Å². The quantitative estimate of drug-likeness (QED) is 0.756. The van der Waals surface area contributed by atoms with E-state index in [1.165, 1.54) is 24.0 Å². The number of carbonyl (C=O) groups is 1. The van der Waals surface area contributed by atoms with E-state index in [9.17, 15) is 4.79 Å². The Kier molecular flexibility index (Phi) is 7.19. The maximum absolute atomic E-state index is 11.1. The number of unbranched alkanes of at least 4 members (excludes halogenated alkanes) is 1. The van der Waals surface area contributed by atoms with Gasteiger partial charge >= 0.3 is 0 Å². The van der Waals surface area contributed by atoms with Gasteiger partial charge in [0.2, 0.25) is 5.91 Å². The van der Waals surface area contributed by atoms with Crippen LogP contribution >= 0.6 is 0 Å². The lowest BCUT2D eigenvalue weighted by Crippen LogP contribution is -2.26. The van der Waals surface area contributed by atoms with Crippen molar-refractivity contribution in [3.63, 3.8) is 0 Å². The third-order valence-electron chi connectivity index (χ3n) is 3.38. The van der Waals surface area contributed by atoms with Crippen LogP contribution in [0.15, 0.2) is 24.3 Å². The van der Waals surface area contributed by atoms with Crippen LogP contribution < -0.4 is 10.6 Å². The van der Waals surface area contributed by atoms with Crippen molar-refractivity contribution in [1.82, 2.24) is 10.6 Å². The smallest absolute Gasteiger partial charge is 0.221 e. The van der Waals surface area contributed by atoms with E-state index in [4.69, 9.17) is 0 Å². The van der Waals surface area contributed by atoms with Crippen LogP contribution in [0.25, 0.3) is 0 Å². The van der Waals surface area contributed by atoms with Crippen molar-refractivity contribution >= 4 is 5.91 Å². The number of hydrogen-bond acceptors (Lipinski definition) is 2. The Morgan fingerprint density at radius 3 is 2.53 bits per heavy atom. The highest BCUT2D eigenvalue weighted by Gasteiger charge is 2.05. The van der Waals surface area contributed by atoms with Gasteiger partial charge in [0.15, 0.2) is 0 Å². The summed E-state index contributed by atoms with van der Waals surface area (Å²) >= 11 is 0. The van der Waals surface area contributed by atoms with Gasteiger partial charge in [0.1, 0.15) is 0 Å². The molecule has 1 aromatic carbocycles. The zero-order chi connectivity index (χ0) is 14.1. The Bertz CT molecular complexity index is 373. The molecule has 0 saturated carbocycles. The van der Waals surface area contributed by atoms with Crippen LogP contribution in [0, 0.1) is 0 Å². The highest BCUT2D eigenvalue weighted by Crippen LogP contribution is 2.14. The highest BCUT2D eigenvalue weighted by atomic mass is 16.1.